The molecule has 0 fully saturated rings. The van der Waals surface area contributed by atoms with E-state index in [1.54, 1.807) is 0 Å². The molecule has 0 unspecified atom stereocenters. The van der Waals surface area contributed by atoms with Crippen LogP contribution in [0, 0.1) is 0 Å². The van der Waals surface area contributed by atoms with Gasteiger partial charge in [0.15, 0.2) is 0 Å². The minimum absolute atomic E-state index is 0. The number of hydrogen-bond acceptors (Lipinski definition) is 9. The monoisotopic (exact) mass is 302 g/mol. The van der Waals surface area contributed by atoms with Gasteiger partial charge in [-0.3, -0.25) is 9.12 Å². The van der Waals surface area contributed by atoms with Gasteiger partial charge in [-0.05, 0) is 0 Å². The van der Waals surface area contributed by atoms with Gasteiger partial charge in [-0.15, -0.1) is 0 Å². The number of hydrogen-bond donors (Lipinski definition) is 1. The van der Waals surface area contributed by atoms with E-state index in [0.29, 0.717) is 0 Å². The van der Waals surface area contributed by atoms with E-state index in [9.17, 15) is 21.4 Å². The van der Waals surface area contributed by atoms with Gasteiger partial charge < -0.3 is 9.45 Å². The molecule has 0 aromatic carbocycles. The zero-order valence-electron chi connectivity index (χ0n) is 7.39. The molecule has 0 amide bonds. The van der Waals surface area contributed by atoms with E-state index in [1.807, 2.05) is 0 Å². The summed E-state index contributed by atoms with van der Waals surface area (Å²) in [5.74, 6) is 0. The van der Waals surface area contributed by atoms with Crippen LogP contribution in [0.15, 0.2) is 0 Å². The standard InChI is InChI=1S/2Na.H2O8S2.HO2P/c;;1-9(2,3)7-8-10(4,5)6;1-3-2/h;;(H,1,2,3)(H,4,5,6);(H,1,2)/q2*+1;;/p-2. The van der Waals surface area contributed by atoms with E-state index < -0.39 is 29.5 Å². The summed E-state index contributed by atoms with van der Waals surface area (Å²) in [7, 11) is -11.4. The summed E-state index contributed by atoms with van der Waals surface area (Å²) in [6, 6.07) is 0. The first-order valence-electron chi connectivity index (χ1n) is 1.88. The van der Waals surface area contributed by atoms with Crippen LogP contribution in [0.4, 0.5) is 0 Å². The van der Waals surface area contributed by atoms with E-state index >= 15 is 0 Å². The van der Waals surface area contributed by atoms with Crippen molar-refractivity contribution in [3.8, 4) is 0 Å². The quantitative estimate of drug-likeness (QED) is 0.132. The molecule has 15 heavy (non-hydrogen) atoms. The summed E-state index contributed by atoms with van der Waals surface area (Å²) < 4.78 is 68.5. The molecule has 0 saturated carbocycles. The molecule has 0 aromatic heterocycles. The predicted molar refractivity (Wildman–Crippen MR) is 31.0 cm³/mol. The van der Waals surface area contributed by atoms with Crippen molar-refractivity contribution in [2.75, 3.05) is 0 Å². The van der Waals surface area contributed by atoms with Gasteiger partial charge in [0.25, 0.3) is 0 Å². The molecule has 15 heteroatoms. The molecule has 80 valence electrons. The molecular weight excluding hydrogens is 301 g/mol. The third kappa shape index (κ3) is 38.9. The molecular formula is HNa2O10PS2. The maximum Gasteiger partial charge on any atom is 1.00 e. The molecule has 1 N–H and O–H groups in total. The first kappa shape index (κ1) is 25.6. The molecule has 0 aliphatic carbocycles. The van der Waals surface area contributed by atoms with Crippen LogP contribution >= 0.6 is 8.69 Å². The maximum absolute atomic E-state index is 9.48. The average Bonchev–Trinajstić information content (AvgIpc) is 1.82. The molecule has 0 bridgehead atoms. The molecule has 0 rings (SSSR count). The summed E-state index contributed by atoms with van der Waals surface area (Å²) in [5, 5.41) is 0. The van der Waals surface area contributed by atoms with Crippen molar-refractivity contribution < 1.29 is 103 Å². The Morgan fingerprint density at radius 1 is 1.07 bits per heavy atom. The molecule has 0 aromatic rings. The van der Waals surface area contributed by atoms with Gasteiger partial charge in [-0.1, -0.05) is 8.67 Å². The summed E-state index contributed by atoms with van der Waals surface area (Å²) >= 11 is 0. The van der Waals surface area contributed by atoms with Crippen molar-refractivity contribution in [1.29, 1.82) is 0 Å². The van der Waals surface area contributed by atoms with Crippen LogP contribution in [0.1, 0.15) is 0 Å². The minimum atomic E-state index is -5.27. The average molecular weight is 302 g/mol. The van der Waals surface area contributed by atoms with E-state index in [0.717, 1.165) is 0 Å². The first-order valence-corrected chi connectivity index (χ1v) is 5.31. The second-order valence-electron chi connectivity index (χ2n) is 1.05. The fourth-order valence-electron chi connectivity index (χ4n) is 0.0691. The van der Waals surface area contributed by atoms with Gasteiger partial charge in [-0.25, -0.2) is 8.42 Å². The van der Waals surface area contributed by atoms with E-state index in [-0.39, 0.29) is 59.1 Å². The molecule has 0 saturated heterocycles. The largest absolute Gasteiger partial charge is 1.00 e. The van der Waals surface area contributed by atoms with Crippen LogP contribution in [0.5, 0.6) is 0 Å². The Balaban J connectivity index is -0.000000108. The Morgan fingerprint density at radius 2 is 1.33 bits per heavy atom. The van der Waals surface area contributed by atoms with Crippen LogP contribution in [-0.2, 0) is 34.0 Å². The van der Waals surface area contributed by atoms with Crippen molar-refractivity contribution in [2.45, 2.75) is 0 Å². The fraction of sp³-hybridized carbons (Fsp3) is 0. The zero-order chi connectivity index (χ0) is 11.1. The zero-order valence-corrected chi connectivity index (χ0v) is 13.9. The van der Waals surface area contributed by atoms with Gasteiger partial charge in [0.05, 0.1) is 8.69 Å². The van der Waals surface area contributed by atoms with Gasteiger partial charge >= 0.3 is 69.5 Å². The molecule has 0 radical (unpaired) electrons. The van der Waals surface area contributed by atoms with Gasteiger partial charge in [-0.2, -0.15) is 8.42 Å². The van der Waals surface area contributed by atoms with Crippen molar-refractivity contribution in [3.63, 3.8) is 0 Å². The van der Waals surface area contributed by atoms with Crippen molar-refractivity contribution in [1.82, 2.24) is 0 Å². The summed E-state index contributed by atoms with van der Waals surface area (Å²) in [5.41, 5.74) is 0. The Morgan fingerprint density at radius 3 is 1.40 bits per heavy atom. The molecule has 0 atom stereocenters. The predicted octanol–water partition coefficient (Wildman–Crippen LogP) is -8.24. The smallest absolute Gasteiger partial charge is 0.772 e. The SMILES string of the molecule is O=P[O-].O=S(=O)([O-])OOS(=O)(=O)O.[Na+].[Na+]. The van der Waals surface area contributed by atoms with Gasteiger partial charge in [0, 0.05) is 0 Å². The molecule has 0 heterocycles. The second-order valence-corrected chi connectivity index (χ2v) is 3.14. The van der Waals surface area contributed by atoms with E-state index in [2.05, 4.69) is 8.67 Å². The Hall–Kier alpha value is 1.80. The second kappa shape index (κ2) is 12.3. The van der Waals surface area contributed by atoms with Crippen LogP contribution in [-0.4, -0.2) is 25.9 Å². The molecule has 0 aliphatic rings. The van der Waals surface area contributed by atoms with Crippen LogP contribution in [0.3, 0.4) is 0 Å². The van der Waals surface area contributed by atoms with Crippen LogP contribution in [0.25, 0.3) is 0 Å². The van der Waals surface area contributed by atoms with Gasteiger partial charge in [0.2, 0.25) is 10.4 Å². The Bertz CT molecular complexity index is 294. The minimum Gasteiger partial charge on any atom is -0.772 e. The van der Waals surface area contributed by atoms with E-state index in [4.69, 9.17) is 14.0 Å². The Labute approximate surface area is 131 Å². The molecule has 0 spiro atoms. The van der Waals surface area contributed by atoms with Gasteiger partial charge in [0.1, 0.15) is 0 Å². The number of rotatable bonds is 3. The molecule has 0 aliphatic heterocycles. The van der Waals surface area contributed by atoms with E-state index in [1.165, 1.54) is 0 Å². The fourth-order valence-corrected chi connectivity index (χ4v) is 0.622. The molecule has 10 nitrogen and oxygen atoms in total. The Kier molecular flexibility index (Phi) is 20.9. The summed E-state index contributed by atoms with van der Waals surface area (Å²) in [6.45, 7) is 0. The van der Waals surface area contributed by atoms with Crippen LogP contribution < -0.4 is 64.0 Å². The summed E-state index contributed by atoms with van der Waals surface area (Å²) in [6.07, 6.45) is 0. The maximum atomic E-state index is 9.48. The first-order chi connectivity index (χ1) is 5.62. The van der Waals surface area contributed by atoms with Crippen molar-refractivity contribution in [3.05, 3.63) is 0 Å². The summed E-state index contributed by atoms with van der Waals surface area (Å²) in [4.78, 5) is 8.35. The normalized spacial score (nSPS) is 10.3. The third-order valence-electron chi connectivity index (χ3n) is 0.197. The topological polar surface area (TPSA) is 170 Å². The van der Waals surface area contributed by atoms with Crippen molar-refractivity contribution >= 4 is 29.5 Å². The third-order valence-corrected chi connectivity index (χ3v) is 0.758. The van der Waals surface area contributed by atoms with Crippen molar-refractivity contribution in [2.24, 2.45) is 0 Å². The van der Waals surface area contributed by atoms with Crippen LogP contribution in [0.2, 0.25) is 0 Å².